The van der Waals surface area contributed by atoms with Crippen LogP contribution in [-0.2, 0) is 12.8 Å². The Labute approximate surface area is 102 Å². The lowest BCUT2D eigenvalue weighted by atomic mass is 9.73. The van der Waals surface area contributed by atoms with Crippen LogP contribution in [0.3, 0.4) is 0 Å². The molecule has 2 aliphatic rings. The van der Waals surface area contributed by atoms with Crippen LogP contribution in [0.25, 0.3) is 5.52 Å². The molecule has 1 N–H and O–H groups in total. The van der Waals surface area contributed by atoms with E-state index in [0.717, 1.165) is 0 Å². The van der Waals surface area contributed by atoms with E-state index in [2.05, 4.69) is 40.2 Å². The number of nitrogens with one attached hydrogen (secondary N) is 1. The third-order valence-corrected chi connectivity index (χ3v) is 4.66. The summed E-state index contributed by atoms with van der Waals surface area (Å²) in [6.07, 6.45) is 7.44. The van der Waals surface area contributed by atoms with Crippen LogP contribution in [0.2, 0.25) is 0 Å². The smallest absolute Gasteiger partial charge is 0.0455 e. The van der Waals surface area contributed by atoms with Gasteiger partial charge in [-0.1, -0.05) is 6.07 Å². The monoisotopic (exact) mass is 226 g/mol. The van der Waals surface area contributed by atoms with E-state index < -0.39 is 0 Å². The number of aromatic nitrogens is 1. The summed E-state index contributed by atoms with van der Waals surface area (Å²) in [5.41, 5.74) is 5.07. The molecule has 17 heavy (non-hydrogen) atoms. The molecule has 2 nitrogen and oxygen atoms in total. The van der Waals surface area contributed by atoms with Gasteiger partial charge in [0.2, 0.25) is 0 Å². The van der Waals surface area contributed by atoms with Crippen LogP contribution in [-0.4, -0.2) is 17.5 Å². The number of hydrogen-bond acceptors (Lipinski definition) is 1. The minimum atomic E-state index is 0.567. The highest BCUT2D eigenvalue weighted by molar-refractivity contribution is 5.54. The lowest BCUT2D eigenvalue weighted by Crippen LogP contribution is -2.31. The van der Waals surface area contributed by atoms with Crippen molar-refractivity contribution in [2.24, 2.45) is 5.41 Å². The molecule has 1 aliphatic carbocycles. The van der Waals surface area contributed by atoms with E-state index in [1.165, 1.54) is 44.3 Å². The average Bonchev–Trinajstić information content (AvgIpc) is 2.93. The third kappa shape index (κ3) is 1.37. The first-order valence-electron chi connectivity index (χ1n) is 6.65. The molecule has 1 aliphatic heterocycles. The SMILES string of the molecule is c1ccn2c3c(cc2c1)CC1(CCNC1)CC3. The van der Waals surface area contributed by atoms with E-state index in [4.69, 9.17) is 0 Å². The number of pyridine rings is 1. The number of fused-ring (bicyclic) bond motifs is 3. The highest BCUT2D eigenvalue weighted by Gasteiger charge is 2.37. The number of nitrogens with zero attached hydrogens (tertiary/aromatic N) is 1. The summed E-state index contributed by atoms with van der Waals surface area (Å²) >= 11 is 0. The van der Waals surface area contributed by atoms with Gasteiger partial charge in [-0.3, -0.25) is 0 Å². The quantitative estimate of drug-likeness (QED) is 0.729. The summed E-state index contributed by atoms with van der Waals surface area (Å²) in [4.78, 5) is 0. The summed E-state index contributed by atoms with van der Waals surface area (Å²) in [5.74, 6) is 0. The fourth-order valence-electron chi connectivity index (χ4n) is 3.71. The Hall–Kier alpha value is -1.28. The second-order valence-corrected chi connectivity index (χ2v) is 5.72. The Morgan fingerprint density at radius 2 is 2.24 bits per heavy atom. The Kier molecular flexibility index (Phi) is 1.92. The van der Waals surface area contributed by atoms with E-state index in [1.807, 2.05) is 0 Å². The molecule has 2 heteroatoms. The molecule has 1 fully saturated rings. The Balaban J connectivity index is 1.82. The van der Waals surface area contributed by atoms with Crippen LogP contribution in [0.15, 0.2) is 30.5 Å². The van der Waals surface area contributed by atoms with Crippen LogP contribution < -0.4 is 5.32 Å². The van der Waals surface area contributed by atoms with Crippen molar-refractivity contribution in [3.8, 4) is 0 Å². The molecule has 2 aromatic heterocycles. The first-order chi connectivity index (χ1) is 8.36. The number of rotatable bonds is 0. The first kappa shape index (κ1) is 9.72. The molecular weight excluding hydrogens is 208 g/mol. The van der Waals surface area contributed by atoms with Gasteiger partial charge in [0, 0.05) is 24.0 Å². The van der Waals surface area contributed by atoms with Crippen molar-refractivity contribution >= 4 is 5.52 Å². The zero-order valence-electron chi connectivity index (χ0n) is 10.1. The van der Waals surface area contributed by atoms with Gasteiger partial charge < -0.3 is 9.72 Å². The fraction of sp³-hybridized carbons (Fsp3) is 0.467. The highest BCUT2D eigenvalue weighted by atomic mass is 14.9. The minimum absolute atomic E-state index is 0.567. The van der Waals surface area contributed by atoms with Gasteiger partial charge in [0.05, 0.1) is 0 Å². The largest absolute Gasteiger partial charge is 0.321 e. The maximum atomic E-state index is 3.54. The topological polar surface area (TPSA) is 16.4 Å². The van der Waals surface area contributed by atoms with E-state index in [9.17, 15) is 0 Å². The van der Waals surface area contributed by atoms with Crippen LogP contribution >= 0.6 is 0 Å². The van der Waals surface area contributed by atoms with Gasteiger partial charge >= 0.3 is 0 Å². The standard InChI is InChI=1S/C15H18N2/c1-2-8-17-13(3-1)9-12-10-15(5-4-14(12)17)6-7-16-11-15/h1-3,8-9,16H,4-7,10-11H2. The van der Waals surface area contributed by atoms with E-state index in [-0.39, 0.29) is 0 Å². The Morgan fingerprint density at radius 3 is 3.12 bits per heavy atom. The molecule has 1 unspecified atom stereocenters. The lowest BCUT2D eigenvalue weighted by molar-refractivity contribution is 0.276. The summed E-state index contributed by atoms with van der Waals surface area (Å²) in [7, 11) is 0. The Morgan fingerprint density at radius 1 is 1.24 bits per heavy atom. The highest BCUT2D eigenvalue weighted by Crippen LogP contribution is 2.40. The second-order valence-electron chi connectivity index (χ2n) is 5.72. The number of aryl methyl sites for hydroxylation is 1. The average molecular weight is 226 g/mol. The van der Waals surface area contributed by atoms with Gasteiger partial charge in [0.25, 0.3) is 0 Å². The Bertz CT molecular complexity index is 561. The summed E-state index contributed by atoms with van der Waals surface area (Å²) in [6, 6.07) is 8.88. The molecule has 1 spiro atoms. The predicted octanol–water partition coefficient (Wildman–Crippen LogP) is 2.41. The molecule has 2 aromatic rings. The van der Waals surface area contributed by atoms with E-state index >= 15 is 0 Å². The number of hydrogen-bond donors (Lipinski definition) is 1. The van der Waals surface area contributed by atoms with Gasteiger partial charge in [-0.25, -0.2) is 0 Å². The second kappa shape index (κ2) is 3.36. The van der Waals surface area contributed by atoms with Crippen molar-refractivity contribution in [1.29, 1.82) is 0 Å². The first-order valence-corrected chi connectivity index (χ1v) is 6.65. The van der Waals surface area contributed by atoms with Crippen molar-refractivity contribution in [3.63, 3.8) is 0 Å². The summed E-state index contributed by atoms with van der Waals surface area (Å²) < 4.78 is 2.38. The molecule has 0 saturated carbocycles. The van der Waals surface area contributed by atoms with Gasteiger partial charge in [0.15, 0.2) is 0 Å². The minimum Gasteiger partial charge on any atom is -0.321 e. The van der Waals surface area contributed by atoms with Gasteiger partial charge in [-0.15, -0.1) is 0 Å². The summed E-state index contributed by atoms with van der Waals surface area (Å²) in [5, 5.41) is 3.54. The lowest BCUT2D eigenvalue weighted by Gasteiger charge is -2.32. The third-order valence-electron chi connectivity index (χ3n) is 4.66. The van der Waals surface area contributed by atoms with Crippen LogP contribution in [0.5, 0.6) is 0 Å². The molecule has 0 radical (unpaired) electrons. The molecule has 88 valence electrons. The molecule has 3 heterocycles. The van der Waals surface area contributed by atoms with Crippen molar-refractivity contribution in [3.05, 3.63) is 41.7 Å². The van der Waals surface area contributed by atoms with E-state index in [1.54, 1.807) is 11.3 Å². The van der Waals surface area contributed by atoms with Gasteiger partial charge in [-0.05, 0) is 61.4 Å². The van der Waals surface area contributed by atoms with Crippen LogP contribution in [0.1, 0.15) is 24.1 Å². The molecule has 1 atom stereocenters. The normalized spacial score (nSPS) is 27.8. The molecule has 1 saturated heterocycles. The van der Waals surface area contributed by atoms with Crippen molar-refractivity contribution in [1.82, 2.24) is 9.72 Å². The van der Waals surface area contributed by atoms with Crippen molar-refractivity contribution in [2.75, 3.05) is 13.1 Å². The van der Waals surface area contributed by atoms with Crippen molar-refractivity contribution in [2.45, 2.75) is 25.7 Å². The predicted molar refractivity (Wildman–Crippen MR) is 69.3 cm³/mol. The zero-order valence-corrected chi connectivity index (χ0v) is 10.1. The van der Waals surface area contributed by atoms with Gasteiger partial charge in [-0.2, -0.15) is 0 Å². The maximum Gasteiger partial charge on any atom is 0.0455 e. The van der Waals surface area contributed by atoms with E-state index in [0.29, 0.717) is 5.41 Å². The fourth-order valence-corrected chi connectivity index (χ4v) is 3.71. The van der Waals surface area contributed by atoms with Crippen molar-refractivity contribution < 1.29 is 0 Å². The molecule has 0 bridgehead atoms. The van der Waals surface area contributed by atoms with Gasteiger partial charge in [0.1, 0.15) is 0 Å². The van der Waals surface area contributed by atoms with Crippen LogP contribution in [0.4, 0.5) is 0 Å². The maximum absolute atomic E-state index is 3.54. The summed E-state index contributed by atoms with van der Waals surface area (Å²) in [6.45, 7) is 2.43. The molecule has 0 aromatic carbocycles. The molecule has 0 amide bonds. The zero-order chi connectivity index (χ0) is 11.3. The van der Waals surface area contributed by atoms with Crippen LogP contribution in [0, 0.1) is 5.41 Å². The molecular formula is C15H18N2. The molecule has 4 rings (SSSR count).